The number of aromatic nitrogens is 4. The van der Waals surface area contributed by atoms with Crippen LogP contribution in [0.2, 0.25) is 0 Å². The van der Waals surface area contributed by atoms with E-state index in [2.05, 4.69) is 15.0 Å². The molecule has 0 saturated heterocycles. The molecule has 0 atom stereocenters. The number of imidazole rings is 1. The normalized spacial score (nSPS) is 10.9. The Bertz CT molecular complexity index is 717. The zero-order valence-electron chi connectivity index (χ0n) is 12.6. The van der Waals surface area contributed by atoms with Crippen molar-refractivity contribution >= 4 is 17.8 Å². The van der Waals surface area contributed by atoms with Gasteiger partial charge in [0.2, 0.25) is 5.82 Å². The number of allylic oxidation sites excluding steroid dienone is 1. The third kappa shape index (κ3) is 3.43. The van der Waals surface area contributed by atoms with Crippen LogP contribution >= 0.6 is 0 Å². The molecule has 0 aliphatic carbocycles. The molecule has 0 spiro atoms. The number of ketones is 1. The van der Waals surface area contributed by atoms with E-state index in [1.54, 1.807) is 19.2 Å². The summed E-state index contributed by atoms with van der Waals surface area (Å²) in [5.41, 5.74) is 1.11. The number of nitrogens with zero attached hydrogens (tertiary/aromatic N) is 4. The topological polar surface area (TPSA) is 87.0 Å². The van der Waals surface area contributed by atoms with Crippen LogP contribution in [-0.4, -0.2) is 37.9 Å². The Balaban J connectivity index is 2.10. The summed E-state index contributed by atoms with van der Waals surface area (Å²) in [6.07, 6.45) is 7.38. The molecular formula is C15H16N4O3. The Morgan fingerprint density at radius 2 is 1.91 bits per heavy atom. The van der Waals surface area contributed by atoms with E-state index in [0.29, 0.717) is 5.56 Å². The maximum absolute atomic E-state index is 12.0. The van der Waals surface area contributed by atoms with Crippen LogP contribution in [-0.2, 0) is 11.8 Å². The van der Waals surface area contributed by atoms with Crippen molar-refractivity contribution in [3.63, 3.8) is 0 Å². The van der Waals surface area contributed by atoms with Crippen LogP contribution in [0.4, 0.5) is 0 Å². The SMILES string of the molecule is CCOC(=O)c1ncc(C(=O)/C=C/c2cnc(C)n2C)cn1. The van der Waals surface area contributed by atoms with Gasteiger partial charge >= 0.3 is 5.97 Å². The summed E-state index contributed by atoms with van der Waals surface area (Å²) < 4.78 is 6.64. The van der Waals surface area contributed by atoms with E-state index in [1.165, 1.54) is 18.5 Å². The predicted octanol–water partition coefficient (Wildman–Crippen LogP) is 1.59. The number of aryl methyl sites for hydroxylation is 1. The fraction of sp³-hybridized carbons (Fsp3) is 0.267. The lowest BCUT2D eigenvalue weighted by Crippen LogP contribution is -2.10. The molecule has 0 fully saturated rings. The van der Waals surface area contributed by atoms with Crippen LogP contribution < -0.4 is 0 Å². The van der Waals surface area contributed by atoms with E-state index < -0.39 is 5.97 Å². The molecule has 114 valence electrons. The highest BCUT2D eigenvalue weighted by molar-refractivity contribution is 6.06. The molecular weight excluding hydrogens is 284 g/mol. The molecule has 0 amide bonds. The lowest BCUT2D eigenvalue weighted by Gasteiger charge is -2.00. The first-order chi connectivity index (χ1) is 10.5. The highest BCUT2D eigenvalue weighted by Crippen LogP contribution is 2.06. The lowest BCUT2D eigenvalue weighted by atomic mass is 10.2. The lowest BCUT2D eigenvalue weighted by molar-refractivity contribution is 0.0511. The second kappa shape index (κ2) is 6.75. The van der Waals surface area contributed by atoms with Gasteiger partial charge in [0.1, 0.15) is 5.82 Å². The number of esters is 1. The summed E-state index contributed by atoms with van der Waals surface area (Å²) >= 11 is 0. The molecule has 0 aliphatic heterocycles. The molecule has 0 radical (unpaired) electrons. The molecule has 7 heteroatoms. The van der Waals surface area contributed by atoms with E-state index in [9.17, 15) is 9.59 Å². The van der Waals surface area contributed by atoms with Crippen molar-refractivity contribution in [2.24, 2.45) is 7.05 Å². The summed E-state index contributed by atoms with van der Waals surface area (Å²) in [5.74, 6) is -0.0736. The van der Waals surface area contributed by atoms with Crippen molar-refractivity contribution in [1.82, 2.24) is 19.5 Å². The van der Waals surface area contributed by atoms with Crippen molar-refractivity contribution in [2.45, 2.75) is 13.8 Å². The fourth-order valence-corrected chi connectivity index (χ4v) is 1.69. The zero-order valence-corrected chi connectivity index (χ0v) is 12.6. The molecule has 2 heterocycles. The number of hydrogen-bond acceptors (Lipinski definition) is 6. The van der Waals surface area contributed by atoms with Gasteiger partial charge in [-0.15, -0.1) is 0 Å². The average Bonchev–Trinajstić information content (AvgIpc) is 2.84. The summed E-state index contributed by atoms with van der Waals surface area (Å²) in [7, 11) is 1.86. The van der Waals surface area contributed by atoms with Gasteiger partial charge in [0.25, 0.3) is 0 Å². The maximum atomic E-state index is 12.0. The molecule has 0 unspecified atom stereocenters. The van der Waals surface area contributed by atoms with E-state index in [1.807, 2.05) is 18.5 Å². The fourth-order valence-electron chi connectivity index (χ4n) is 1.69. The summed E-state index contributed by atoms with van der Waals surface area (Å²) in [4.78, 5) is 35.3. The molecule has 22 heavy (non-hydrogen) atoms. The minimum Gasteiger partial charge on any atom is -0.460 e. The number of rotatable bonds is 5. The van der Waals surface area contributed by atoms with E-state index >= 15 is 0 Å². The number of hydrogen-bond donors (Lipinski definition) is 0. The first-order valence-corrected chi connectivity index (χ1v) is 6.72. The van der Waals surface area contributed by atoms with E-state index in [-0.39, 0.29) is 18.2 Å². The van der Waals surface area contributed by atoms with Gasteiger partial charge in [0.05, 0.1) is 24.1 Å². The Morgan fingerprint density at radius 1 is 1.23 bits per heavy atom. The summed E-state index contributed by atoms with van der Waals surface area (Å²) in [5, 5.41) is 0. The highest BCUT2D eigenvalue weighted by atomic mass is 16.5. The van der Waals surface area contributed by atoms with E-state index in [0.717, 1.165) is 11.5 Å². The van der Waals surface area contributed by atoms with Gasteiger partial charge in [-0.3, -0.25) is 4.79 Å². The number of carbonyl (C=O) groups is 2. The third-order valence-electron chi connectivity index (χ3n) is 3.06. The zero-order chi connectivity index (χ0) is 16.1. The smallest absolute Gasteiger partial charge is 0.376 e. The second-order valence-corrected chi connectivity index (χ2v) is 4.50. The van der Waals surface area contributed by atoms with Crippen molar-refractivity contribution in [2.75, 3.05) is 6.61 Å². The van der Waals surface area contributed by atoms with Gasteiger partial charge in [-0.05, 0) is 26.0 Å². The monoisotopic (exact) mass is 300 g/mol. The number of ether oxygens (including phenoxy) is 1. The average molecular weight is 300 g/mol. The van der Waals surface area contributed by atoms with Gasteiger partial charge in [0.15, 0.2) is 5.78 Å². The largest absolute Gasteiger partial charge is 0.460 e. The first-order valence-electron chi connectivity index (χ1n) is 6.72. The van der Waals surface area contributed by atoms with Gasteiger partial charge in [-0.1, -0.05) is 0 Å². The minimum atomic E-state index is -0.609. The van der Waals surface area contributed by atoms with Gasteiger partial charge in [-0.2, -0.15) is 0 Å². The molecule has 0 aromatic carbocycles. The molecule has 2 aromatic rings. The van der Waals surface area contributed by atoms with E-state index in [4.69, 9.17) is 4.74 Å². The molecule has 0 saturated carbocycles. The predicted molar refractivity (Wildman–Crippen MR) is 79.3 cm³/mol. The van der Waals surface area contributed by atoms with Crippen LogP contribution in [0.3, 0.4) is 0 Å². The molecule has 0 bridgehead atoms. The van der Waals surface area contributed by atoms with Crippen molar-refractivity contribution in [3.8, 4) is 0 Å². The Morgan fingerprint density at radius 3 is 2.45 bits per heavy atom. The molecule has 0 N–H and O–H groups in total. The Labute approximate surface area is 127 Å². The van der Waals surface area contributed by atoms with Crippen LogP contribution in [0.1, 0.15) is 39.4 Å². The first kappa shape index (κ1) is 15.6. The summed E-state index contributed by atoms with van der Waals surface area (Å²) in [6.45, 7) is 3.82. The van der Waals surface area contributed by atoms with Crippen molar-refractivity contribution in [3.05, 3.63) is 47.6 Å². The molecule has 7 nitrogen and oxygen atoms in total. The third-order valence-corrected chi connectivity index (χ3v) is 3.06. The van der Waals surface area contributed by atoms with Gasteiger partial charge < -0.3 is 9.30 Å². The minimum absolute atomic E-state index is 0.0651. The van der Waals surface area contributed by atoms with Crippen LogP contribution in [0, 0.1) is 6.92 Å². The number of carbonyl (C=O) groups excluding carboxylic acids is 2. The van der Waals surface area contributed by atoms with Crippen LogP contribution in [0.25, 0.3) is 6.08 Å². The van der Waals surface area contributed by atoms with Crippen LogP contribution in [0.15, 0.2) is 24.7 Å². The molecule has 0 aliphatic rings. The quantitative estimate of drug-likeness (QED) is 0.473. The standard InChI is InChI=1S/C15H16N4O3/c1-4-22-15(21)14-17-7-11(8-18-14)13(20)6-5-12-9-16-10(2)19(12)3/h5-9H,4H2,1-3H3/b6-5+. The molecule has 2 aromatic heterocycles. The van der Waals surface area contributed by atoms with Crippen LogP contribution in [0.5, 0.6) is 0 Å². The Hall–Kier alpha value is -2.83. The maximum Gasteiger partial charge on any atom is 0.376 e. The van der Waals surface area contributed by atoms with Crippen molar-refractivity contribution in [1.29, 1.82) is 0 Å². The second-order valence-electron chi connectivity index (χ2n) is 4.50. The highest BCUT2D eigenvalue weighted by Gasteiger charge is 2.11. The summed E-state index contributed by atoms with van der Waals surface area (Å²) in [6, 6.07) is 0. The van der Waals surface area contributed by atoms with Gasteiger partial charge in [0, 0.05) is 19.4 Å². The molecule has 2 rings (SSSR count). The van der Waals surface area contributed by atoms with Gasteiger partial charge in [-0.25, -0.2) is 19.7 Å². The van der Waals surface area contributed by atoms with Crippen molar-refractivity contribution < 1.29 is 14.3 Å². The Kier molecular flexibility index (Phi) is 4.77.